The van der Waals surface area contributed by atoms with Gasteiger partial charge in [0.05, 0.1) is 13.2 Å². The van der Waals surface area contributed by atoms with Gasteiger partial charge >= 0.3 is 0 Å². The van der Waals surface area contributed by atoms with Gasteiger partial charge in [0.25, 0.3) is 5.91 Å². The number of aliphatic hydroxyl groups is 1. The second kappa shape index (κ2) is 7.38. The lowest BCUT2D eigenvalue weighted by Gasteiger charge is -2.34. The fourth-order valence-electron chi connectivity index (χ4n) is 2.41. The smallest absolute Gasteiger partial charge is 0.253 e. The highest BCUT2D eigenvalue weighted by molar-refractivity contribution is 5.94. The SMILES string of the molecule is COCc1ccc(C(=O)N2CCN(CCO)CC2)cc1. The summed E-state index contributed by atoms with van der Waals surface area (Å²) in [7, 11) is 1.66. The van der Waals surface area contributed by atoms with E-state index in [9.17, 15) is 4.79 Å². The molecule has 1 aromatic rings. The van der Waals surface area contributed by atoms with E-state index in [0.29, 0.717) is 13.2 Å². The summed E-state index contributed by atoms with van der Waals surface area (Å²) in [4.78, 5) is 16.4. The molecule has 1 heterocycles. The zero-order valence-corrected chi connectivity index (χ0v) is 11.9. The van der Waals surface area contributed by atoms with E-state index in [1.807, 2.05) is 29.2 Å². The summed E-state index contributed by atoms with van der Waals surface area (Å²) in [5, 5.41) is 8.91. The fourth-order valence-corrected chi connectivity index (χ4v) is 2.41. The molecule has 2 rings (SSSR count). The molecule has 1 aliphatic rings. The number of benzene rings is 1. The van der Waals surface area contributed by atoms with E-state index in [-0.39, 0.29) is 12.5 Å². The van der Waals surface area contributed by atoms with Gasteiger partial charge in [-0.1, -0.05) is 12.1 Å². The average Bonchev–Trinajstić information content (AvgIpc) is 2.49. The van der Waals surface area contributed by atoms with Crippen molar-refractivity contribution in [1.29, 1.82) is 0 Å². The molecule has 5 heteroatoms. The van der Waals surface area contributed by atoms with Crippen molar-refractivity contribution in [2.24, 2.45) is 0 Å². The Kier molecular flexibility index (Phi) is 5.52. The van der Waals surface area contributed by atoms with Gasteiger partial charge in [-0.15, -0.1) is 0 Å². The Balaban J connectivity index is 1.91. The van der Waals surface area contributed by atoms with Crippen LogP contribution in [0.2, 0.25) is 0 Å². The molecule has 0 saturated carbocycles. The number of aliphatic hydroxyl groups excluding tert-OH is 1. The van der Waals surface area contributed by atoms with Crippen LogP contribution in [0.5, 0.6) is 0 Å². The maximum Gasteiger partial charge on any atom is 0.253 e. The number of amides is 1. The molecule has 5 nitrogen and oxygen atoms in total. The first-order chi connectivity index (χ1) is 9.74. The molecular weight excluding hydrogens is 256 g/mol. The summed E-state index contributed by atoms with van der Waals surface area (Å²) in [6.07, 6.45) is 0. The molecule has 0 unspecified atom stereocenters. The first-order valence-corrected chi connectivity index (χ1v) is 6.95. The van der Waals surface area contributed by atoms with Crippen molar-refractivity contribution in [3.8, 4) is 0 Å². The van der Waals surface area contributed by atoms with Crippen molar-refractivity contribution in [1.82, 2.24) is 9.80 Å². The number of nitrogens with zero attached hydrogens (tertiary/aromatic N) is 2. The molecule has 0 spiro atoms. The van der Waals surface area contributed by atoms with E-state index in [2.05, 4.69) is 4.90 Å². The van der Waals surface area contributed by atoms with E-state index in [0.717, 1.165) is 37.3 Å². The molecule has 1 aliphatic heterocycles. The van der Waals surface area contributed by atoms with Crippen LogP contribution in [-0.4, -0.2) is 67.3 Å². The largest absolute Gasteiger partial charge is 0.395 e. The molecule has 1 aromatic carbocycles. The van der Waals surface area contributed by atoms with Crippen LogP contribution in [0.1, 0.15) is 15.9 Å². The Hall–Kier alpha value is -1.43. The van der Waals surface area contributed by atoms with Crippen LogP contribution in [0.15, 0.2) is 24.3 Å². The molecule has 110 valence electrons. The van der Waals surface area contributed by atoms with Gasteiger partial charge in [0.2, 0.25) is 0 Å². The molecule has 0 bridgehead atoms. The summed E-state index contributed by atoms with van der Waals surface area (Å²) in [5.74, 6) is 0.0811. The first kappa shape index (κ1) is 15.0. The number of ether oxygens (including phenoxy) is 1. The topological polar surface area (TPSA) is 53.0 Å². The third kappa shape index (κ3) is 3.79. The zero-order chi connectivity index (χ0) is 14.4. The number of β-amino-alcohol motifs (C(OH)–C–C–N with tert-alkyl or cyclic N) is 1. The van der Waals surface area contributed by atoms with Crippen molar-refractivity contribution in [2.75, 3.05) is 46.4 Å². The minimum Gasteiger partial charge on any atom is -0.395 e. The maximum absolute atomic E-state index is 12.4. The number of piperazine rings is 1. The number of hydrogen-bond acceptors (Lipinski definition) is 4. The number of carbonyl (C=O) groups excluding carboxylic acids is 1. The Morgan fingerprint density at radius 1 is 1.20 bits per heavy atom. The van der Waals surface area contributed by atoms with Crippen LogP contribution < -0.4 is 0 Å². The van der Waals surface area contributed by atoms with E-state index in [4.69, 9.17) is 9.84 Å². The molecule has 20 heavy (non-hydrogen) atoms. The summed E-state index contributed by atoms with van der Waals surface area (Å²) < 4.78 is 5.06. The van der Waals surface area contributed by atoms with E-state index in [1.165, 1.54) is 0 Å². The van der Waals surface area contributed by atoms with Crippen molar-refractivity contribution < 1.29 is 14.6 Å². The molecule has 1 N–H and O–H groups in total. The number of hydrogen-bond donors (Lipinski definition) is 1. The van der Waals surface area contributed by atoms with Crippen LogP contribution >= 0.6 is 0 Å². The molecule has 0 aliphatic carbocycles. The second-order valence-electron chi connectivity index (χ2n) is 4.99. The van der Waals surface area contributed by atoms with Gasteiger partial charge in [0.15, 0.2) is 0 Å². The van der Waals surface area contributed by atoms with Crippen LogP contribution in [0.4, 0.5) is 0 Å². The Labute approximate surface area is 119 Å². The van der Waals surface area contributed by atoms with Gasteiger partial charge in [0, 0.05) is 45.4 Å². The van der Waals surface area contributed by atoms with Crippen molar-refractivity contribution in [3.05, 3.63) is 35.4 Å². The fraction of sp³-hybridized carbons (Fsp3) is 0.533. The minimum atomic E-state index is 0.0811. The predicted molar refractivity (Wildman–Crippen MR) is 76.6 cm³/mol. The molecule has 0 radical (unpaired) electrons. The van der Waals surface area contributed by atoms with Gasteiger partial charge in [-0.05, 0) is 17.7 Å². The predicted octanol–water partition coefficient (Wildman–Crippen LogP) is 0.583. The van der Waals surface area contributed by atoms with E-state index >= 15 is 0 Å². The third-order valence-electron chi connectivity index (χ3n) is 3.59. The van der Waals surface area contributed by atoms with Crippen molar-refractivity contribution in [3.63, 3.8) is 0 Å². The van der Waals surface area contributed by atoms with Crippen molar-refractivity contribution >= 4 is 5.91 Å². The lowest BCUT2D eigenvalue weighted by molar-refractivity contribution is 0.0615. The van der Waals surface area contributed by atoms with Gasteiger partial charge in [-0.3, -0.25) is 9.69 Å². The monoisotopic (exact) mass is 278 g/mol. The summed E-state index contributed by atoms with van der Waals surface area (Å²) in [5.41, 5.74) is 1.79. The average molecular weight is 278 g/mol. The normalized spacial score (nSPS) is 16.4. The molecule has 0 aromatic heterocycles. The van der Waals surface area contributed by atoms with Gasteiger partial charge in [-0.2, -0.15) is 0 Å². The number of methoxy groups -OCH3 is 1. The number of rotatable bonds is 5. The van der Waals surface area contributed by atoms with Crippen LogP contribution in [0.25, 0.3) is 0 Å². The lowest BCUT2D eigenvalue weighted by Crippen LogP contribution is -2.49. The highest BCUT2D eigenvalue weighted by Gasteiger charge is 2.21. The molecule has 1 saturated heterocycles. The molecule has 0 atom stereocenters. The zero-order valence-electron chi connectivity index (χ0n) is 11.9. The van der Waals surface area contributed by atoms with Gasteiger partial charge < -0.3 is 14.7 Å². The highest BCUT2D eigenvalue weighted by atomic mass is 16.5. The van der Waals surface area contributed by atoms with Gasteiger partial charge in [0.1, 0.15) is 0 Å². The number of carbonyl (C=O) groups is 1. The quantitative estimate of drug-likeness (QED) is 0.856. The molecule has 1 amide bonds. The minimum absolute atomic E-state index is 0.0811. The lowest BCUT2D eigenvalue weighted by atomic mass is 10.1. The van der Waals surface area contributed by atoms with Crippen LogP contribution in [0, 0.1) is 0 Å². The van der Waals surface area contributed by atoms with Crippen molar-refractivity contribution in [2.45, 2.75) is 6.61 Å². The van der Waals surface area contributed by atoms with Crippen LogP contribution in [-0.2, 0) is 11.3 Å². The Morgan fingerprint density at radius 3 is 2.40 bits per heavy atom. The summed E-state index contributed by atoms with van der Waals surface area (Å²) >= 11 is 0. The standard InChI is InChI=1S/C15H22N2O3/c1-20-12-13-2-4-14(5-3-13)15(19)17-8-6-16(7-9-17)10-11-18/h2-5,18H,6-12H2,1H3. The summed E-state index contributed by atoms with van der Waals surface area (Å²) in [6.45, 7) is 4.52. The van der Waals surface area contributed by atoms with Crippen LogP contribution in [0.3, 0.4) is 0 Å². The summed E-state index contributed by atoms with van der Waals surface area (Å²) in [6, 6.07) is 7.57. The van der Waals surface area contributed by atoms with E-state index < -0.39 is 0 Å². The molecular formula is C15H22N2O3. The Morgan fingerprint density at radius 2 is 1.85 bits per heavy atom. The third-order valence-corrected chi connectivity index (χ3v) is 3.59. The second-order valence-corrected chi connectivity index (χ2v) is 4.99. The van der Waals surface area contributed by atoms with Gasteiger partial charge in [-0.25, -0.2) is 0 Å². The molecule has 1 fully saturated rings. The Bertz CT molecular complexity index is 425. The maximum atomic E-state index is 12.4. The first-order valence-electron chi connectivity index (χ1n) is 6.95. The highest BCUT2D eigenvalue weighted by Crippen LogP contribution is 2.11. The van der Waals surface area contributed by atoms with E-state index in [1.54, 1.807) is 7.11 Å².